The normalized spacial score (nSPS) is 16.0. The predicted molar refractivity (Wildman–Crippen MR) is 230 cm³/mol. The number of rotatable bonds is 12. The molecule has 0 aromatic heterocycles. The highest BCUT2D eigenvalue weighted by Gasteiger charge is 2.36. The number of carboxylic acid groups (broad SMARTS) is 1. The largest absolute Gasteiger partial charge is 0.489 e. The quantitative estimate of drug-likeness (QED) is 0.123. The molecule has 0 radical (unpaired) electrons. The summed E-state index contributed by atoms with van der Waals surface area (Å²) in [5, 5.41) is 33.1. The zero-order valence-corrected chi connectivity index (χ0v) is 34.2. The summed E-state index contributed by atoms with van der Waals surface area (Å²) in [5.74, 6) is 0.239. The van der Waals surface area contributed by atoms with Gasteiger partial charge in [0.2, 0.25) is 5.91 Å². The lowest BCUT2D eigenvalue weighted by Gasteiger charge is -2.38. The fourth-order valence-corrected chi connectivity index (χ4v) is 7.95. The Balaban J connectivity index is 0.979. The lowest BCUT2D eigenvalue weighted by atomic mass is 9.91. The average molecular weight is 850 g/mol. The first-order chi connectivity index (χ1) is 29.6. The number of aliphatic carboxylic acids is 1. The first-order valence-electron chi connectivity index (χ1n) is 19.6. The summed E-state index contributed by atoms with van der Waals surface area (Å²) in [6.45, 7) is 1.22. The highest BCUT2D eigenvalue weighted by molar-refractivity contribution is 6.42. The number of carbonyl (C=O) groups excluding carboxylic acids is 1. The number of ether oxygens (including phenoxy) is 3. The molecule has 2 aliphatic rings. The van der Waals surface area contributed by atoms with E-state index in [1.165, 1.54) is 0 Å². The zero-order chi connectivity index (χ0) is 42.5. The molecule has 3 atom stereocenters. The molecule has 61 heavy (non-hydrogen) atoms. The molecule has 0 aliphatic carbocycles. The Bertz CT molecular complexity index is 2680. The molecule has 2 N–H and O–H groups in total. The third-order valence-corrected chi connectivity index (χ3v) is 11.7. The van der Waals surface area contributed by atoms with Gasteiger partial charge >= 0.3 is 5.97 Å². The molecule has 6 aromatic carbocycles. The van der Waals surface area contributed by atoms with E-state index in [0.29, 0.717) is 51.6 Å². The summed E-state index contributed by atoms with van der Waals surface area (Å²) < 4.78 is 18.7. The second-order valence-electron chi connectivity index (χ2n) is 15.0. The van der Waals surface area contributed by atoms with Crippen LogP contribution in [0.1, 0.15) is 50.6 Å². The topological polar surface area (TPSA) is 145 Å². The minimum absolute atomic E-state index is 0.0730. The number of nitriles is 2. The van der Waals surface area contributed by atoms with Gasteiger partial charge in [-0.05, 0) is 106 Å². The van der Waals surface area contributed by atoms with E-state index in [1.54, 1.807) is 36.4 Å². The summed E-state index contributed by atoms with van der Waals surface area (Å²) >= 11 is 12.2. The zero-order valence-electron chi connectivity index (χ0n) is 32.7. The molecule has 2 aliphatic heterocycles. The molecule has 0 spiro atoms. The van der Waals surface area contributed by atoms with Crippen LogP contribution in [-0.2, 0) is 42.1 Å². The van der Waals surface area contributed by atoms with E-state index in [9.17, 15) is 20.0 Å². The summed E-state index contributed by atoms with van der Waals surface area (Å²) in [4.78, 5) is 28.8. The van der Waals surface area contributed by atoms with Crippen molar-refractivity contribution in [3.63, 3.8) is 0 Å². The molecule has 0 bridgehead atoms. The van der Waals surface area contributed by atoms with Gasteiger partial charge in [0.05, 0.1) is 39.4 Å². The van der Waals surface area contributed by atoms with Crippen LogP contribution >= 0.6 is 23.2 Å². The van der Waals surface area contributed by atoms with Gasteiger partial charge in [-0.2, -0.15) is 10.5 Å². The number of nitrogens with zero attached hydrogens (tertiary/aromatic N) is 3. The van der Waals surface area contributed by atoms with E-state index in [4.69, 9.17) is 42.7 Å². The van der Waals surface area contributed by atoms with Crippen LogP contribution in [0.25, 0.3) is 11.1 Å². The summed E-state index contributed by atoms with van der Waals surface area (Å²) in [7, 11) is 0. The smallest absolute Gasteiger partial charge is 0.326 e. The second kappa shape index (κ2) is 18.2. The molecular formula is C49H38Cl2N4O6. The number of carbonyl (C=O) groups is 2. The predicted octanol–water partition coefficient (Wildman–Crippen LogP) is 9.23. The second-order valence-corrected chi connectivity index (χ2v) is 15.8. The van der Waals surface area contributed by atoms with Crippen LogP contribution in [0.5, 0.6) is 17.2 Å². The Morgan fingerprint density at radius 2 is 1.52 bits per heavy atom. The van der Waals surface area contributed by atoms with Gasteiger partial charge in [0.25, 0.3) is 0 Å². The fourth-order valence-electron chi connectivity index (χ4n) is 7.63. The first kappa shape index (κ1) is 40.9. The number of halogens is 2. The van der Waals surface area contributed by atoms with Crippen molar-refractivity contribution in [2.45, 2.75) is 50.7 Å². The van der Waals surface area contributed by atoms with Crippen LogP contribution in [0, 0.1) is 22.7 Å². The Hall–Kier alpha value is -6.82. The SMILES string of the molecule is N#Cc1ccc(-c2ccc(C[C@H](NC(=O)[C@@H]3Cc4cc5c(cc4CN3Cc3ccccc3C#N)OC(c3ccc(OCc4ccc(Cl)c(Cl)c4)cc3)CO5)C(=O)O)cc2)cc1. The van der Waals surface area contributed by atoms with Gasteiger partial charge in [0.15, 0.2) is 17.6 Å². The van der Waals surface area contributed by atoms with E-state index < -0.39 is 24.0 Å². The number of carboxylic acids is 1. The maximum Gasteiger partial charge on any atom is 0.326 e. The lowest BCUT2D eigenvalue weighted by Crippen LogP contribution is -2.54. The van der Waals surface area contributed by atoms with Gasteiger partial charge in [-0.3, -0.25) is 9.69 Å². The van der Waals surface area contributed by atoms with Crippen LogP contribution in [0.2, 0.25) is 10.0 Å². The van der Waals surface area contributed by atoms with Crippen molar-refractivity contribution < 1.29 is 28.9 Å². The van der Waals surface area contributed by atoms with Gasteiger partial charge in [0, 0.05) is 19.5 Å². The molecule has 6 aromatic rings. The van der Waals surface area contributed by atoms with Crippen molar-refractivity contribution in [2.24, 2.45) is 0 Å². The number of amides is 1. The van der Waals surface area contributed by atoms with Crippen molar-refractivity contribution in [1.82, 2.24) is 10.2 Å². The van der Waals surface area contributed by atoms with Gasteiger partial charge in [-0.25, -0.2) is 4.79 Å². The van der Waals surface area contributed by atoms with Crippen LogP contribution in [0.3, 0.4) is 0 Å². The Morgan fingerprint density at radius 3 is 2.23 bits per heavy atom. The molecule has 8 rings (SSSR count). The maximum atomic E-state index is 14.2. The molecular weight excluding hydrogens is 811 g/mol. The van der Waals surface area contributed by atoms with E-state index in [1.807, 2.05) is 95.9 Å². The van der Waals surface area contributed by atoms with Crippen LogP contribution in [0.15, 0.2) is 127 Å². The number of nitrogens with one attached hydrogen (secondary N) is 1. The van der Waals surface area contributed by atoms with Gasteiger partial charge in [0.1, 0.15) is 25.0 Å². The van der Waals surface area contributed by atoms with E-state index in [2.05, 4.69) is 17.5 Å². The molecule has 10 nitrogen and oxygen atoms in total. The highest BCUT2D eigenvalue weighted by Crippen LogP contribution is 2.41. The molecule has 1 unspecified atom stereocenters. The van der Waals surface area contributed by atoms with Crippen molar-refractivity contribution in [2.75, 3.05) is 6.61 Å². The number of fused-ring (bicyclic) bond motifs is 2. The lowest BCUT2D eigenvalue weighted by molar-refractivity contribution is -0.142. The fraction of sp³-hybridized carbons (Fsp3) is 0.184. The minimum atomic E-state index is -1.19. The molecule has 0 fully saturated rings. The molecule has 2 heterocycles. The van der Waals surface area contributed by atoms with E-state index in [0.717, 1.165) is 44.5 Å². The summed E-state index contributed by atoms with van der Waals surface area (Å²) in [6, 6.07) is 41.3. The van der Waals surface area contributed by atoms with Crippen molar-refractivity contribution in [3.8, 4) is 40.5 Å². The number of benzene rings is 6. The van der Waals surface area contributed by atoms with E-state index in [-0.39, 0.29) is 32.1 Å². The van der Waals surface area contributed by atoms with Gasteiger partial charge in [-0.15, -0.1) is 0 Å². The Kier molecular flexibility index (Phi) is 12.2. The van der Waals surface area contributed by atoms with Gasteiger partial charge in [-0.1, -0.05) is 96.0 Å². The summed E-state index contributed by atoms with van der Waals surface area (Å²) in [5.41, 5.74) is 8.03. The molecule has 12 heteroatoms. The van der Waals surface area contributed by atoms with Crippen LogP contribution in [0.4, 0.5) is 0 Å². The maximum absolute atomic E-state index is 14.2. The molecule has 304 valence electrons. The van der Waals surface area contributed by atoms with Crippen molar-refractivity contribution in [1.29, 1.82) is 10.5 Å². The third-order valence-electron chi connectivity index (χ3n) is 11.0. The first-order valence-corrected chi connectivity index (χ1v) is 20.4. The number of hydrogen-bond acceptors (Lipinski definition) is 8. The molecule has 1 amide bonds. The third kappa shape index (κ3) is 9.49. The minimum Gasteiger partial charge on any atom is -0.489 e. The monoisotopic (exact) mass is 848 g/mol. The summed E-state index contributed by atoms with van der Waals surface area (Å²) in [6.07, 6.45) is -0.0231. The van der Waals surface area contributed by atoms with Gasteiger partial charge < -0.3 is 24.6 Å². The van der Waals surface area contributed by atoms with Crippen LogP contribution < -0.4 is 19.5 Å². The van der Waals surface area contributed by atoms with Crippen molar-refractivity contribution >= 4 is 35.1 Å². The standard InChI is InChI=1S/C49H38Cl2N4O6/c50-41-18-9-32(19-42(41)51)28-59-40-16-14-35(15-17-40)47-29-60-45-22-38-21-44(55(27-39(38)23-46(45)61-47)26-37-4-2-1-3-36(37)25-53)48(56)54-43(49(57)58)20-30-5-10-33(11-6-30)34-12-7-31(24-52)8-13-34/h1-19,22-23,43-44,47H,20-21,26-29H2,(H,54,56)(H,57,58)/t43-,44-,47?/m0/s1. The Morgan fingerprint density at radius 1 is 0.820 bits per heavy atom. The van der Waals surface area contributed by atoms with E-state index >= 15 is 0 Å². The van der Waals surface area contributed by atoms with Crippen LogP contribution in [-0.4, -0.2) is 40.6 Å². The molecule has 0 saturated heterocycles. The number of hydrogen-bond donors (Lipinski definition) is 2. The average Bonchev–Trinajstić information content (AvgIpc) is 3.28. The highest BCUT2D eigenvalue weighted by atomic mass is 35.5. The molecule has 0 saturated carbocycles. The Labute approximate surface area is 363 Å². The van der Waals surface area contributed by atoms with Crippen molar-refractivity contribution in [3.05, 3.63) is 182 Å².